The van der Waals surface area contributed by atoms with E-state index in [2.05, 4.69) is 21.5 Å². The van der Waals surface area contributed by atoms with Crippen LogP contribution in [0.4, 0.5) is 0 Å². The van der Waals surface area contributed by atoms with Crippen molar-refractivity contribution in [2.24, 2.45) is 0 Å². The van der Waals surface area contributed by atoms with E-state index in [-0.39, 0.29) is 17.7 Å². The fourth-order valence-corrected chi connectivity index (χ4v) is 3.96. The molecule has 120 valence electrons. The maximum absolute atomic E-state index is 11.9. The normalized spacial score (nSPS) is 10.6. The molecule has 0 aliphatic rings. The summed E-state index contributed by atoms with van der Waals surface area (Å²) < 4.78 is 0. The molecule has 0 radical (unpaired) electrons. The second kappa shape index (κ2) is 10.1. The van der Waals surface area contributed by atoms with Gasteiger partial charge in [0.1, 0.15) is 0 Å². The molecule has 0 unspecified atom stereocenters. The summed E-state index contributed by atoms with van der Waals surface area (Å²) in [7, 11) is -3.11. The minimum absolute atomic E-state index is 0.197. The molecule has 0 heterocycles. The molecule has 7 heteroatoms. The van der Waals surface area contributed by atoms with Crippen LogP contribution in [0.1, 0.15) is 59.3 Å². The zero-order valence-corrected chi connectivity index (χ0v) is 14.3. The van der Waals surface area contributed by atoms with E-state index in [4.69, 9.17) is 0 Å². The first-order valence-corrected chi connectivity index (χ1v) is 9.57. The molecule has 6 nitrogen and oxygen atoms in total. The van der Waals surface area contributed by atoms with Crippen LogP contribution in [0.25, 0.3) is 0 Å². The molecule has 0 bridgehead atoms. The quantitative estimate of drug-likeness (QED) is 0.533. The zero-order valence-electron chi connectivity index (χ0n) is 13.3. The second-order valence-corrected chi connectivity index (χ2v) is 7.68. The topological polar surface area (TPSA) is 87.3 Å². The lowest BCUT2D eigenvalue weighted by molar-refractivity contribution is -0.120. The van der Waals surface area contributed by atoms with E-state index in [0.29, 0.717) is 38.5 Å². The van der Waals surface area contributed by atoms with E-state index < -0.39 is 8.56 Å². The third-order valence-electron chi connectivity index (χ3n) is 2.75. The molecule has 3 N–H and O–H groups in total. The minimum atomic E-state index is -3.11. The number of carbonyl (C=O) groups is 3. The fraction of sp³-hybridized carbons (Fsp3) is 0.643. The summed E-state index contributed by atoms with van der Waals surface area (Å²) in [6, 6.07) is 0. The Morgan fingerprint density at radius 1 is 0.810 bits per heavy atom. The van der Waals surface area contributed by atoms with E-state index in [1.165, 1.54) is 5.70 Å². The smallest absolute Gasteiger partial charge is 0.345 e. The van der Waals surface area contributed by atoms with Crippen molar-refractivity contribution in [1.29, 1.82) is 0 Å². The van der Waals surface area contributed by atoms with Crippen LogP contribution in [-0.2, 0) is 14.4 Å². The molecule has 0 saturated carbocycles. The Balaban J connectivity index is 5.07. The van der Waals surface area contributed by atoms with Crippen LogP contribution in [0.5, 0.6) is 0 Å². The average molecular weight is 313 g/mol. The van der Waals surface area contributed by atoms with Crippen molar-refractivity contribution in [3.63, 3.8) is 0 Å². The molecule has 0 aliphatic heterocycles. The Morgan fingerprint density at radius 2 is 1.10 bits per heavy atom. The fourth-order valence-electron chi connectivity index (χ4n) is 1.78. The summed E-state index contributed by atoms with van der Waals surface area (Å²) in [6.45, 7) is 9.36. The van der Waals surface area contributed by atoms with Crippen molar-refractivity contribution < 1.29 is 14.4 Å². The van der Waals surface area contributed by atoms with Crippen molar-refractivity contribution >= 4 is 26.3 Å². The standard InChI is InChI=1S/C14H27N3O3Si/c1-5-9-12(18)15-21(8-4,16-13(19)10-6-2)17-14(20)11-7-3/h8H,4-7,9-11H2,1-3H3,(H,15,18)(H,16,19)(H,17,20). The van der Waals surface area contributed by atoms with Crippen molar-refractivity contribution in [1.82, 2.24) is 14.9 Å². The molecule has 0 aromatic rings. The van der Waals surface area contributed by atoms with Gasteiger partial charge in [-0.1, -0.05) is 20.8 Å². The zero-order chi connectivity index (χ0) is 16.3. The first kappa shape index (κ1) is 19.4. The first-order valence-electron chi connectivity index (χ1n) is 7.49. The molecule has 0 aromatic heterocycles. The van der Waals surface area contributed by atoms with Gasteiger partial charge >= 0.3 is 8.56 Å². The SMILES string of the molecule is C=C[Si](NC(=O)CCC)(NC(=O)CCC)NC(=O)CCC. The highest BCUT2D eigenvalue weighted by Crippen LogP contribution is 1.99. The van der Waals surface area contributed by atoms with Crippen LogP contribution >= 0.6 is 0 Å². The van der Waals surface area contributed by atoms with Gasteiger partial charge < -0.3 is 14.9 Å². The average Bonchev–Trinajstić information content (AvgIpc) is 2.39. The van der Waals surface area contributed by atoms with Gasteiger partial charge in [-0.3, -0.25) is 14.4 Å². The second-order valence-electron chi connectivity index (χ2n) is 4.91. The van der Waals surface area contributed by atoms with Gasteiger partial charge in [-0.25, -0.2) is 0 Å². The third kappa shape index (κ3) is 7.65. The van der Waals surface area contributed by atoms with Crippen molar-refractivity contribution in [3.8, 4) is 0 Å². The minimum Gasteiger partial charge on any atom is -0.345 e. The first-order chi connectivity index (χ1) is 9.92. The predicted octanol–water partition coefficient (Wildman–Crippen LogP) is 1.40. The Bertz CT molecular complexity index is 335. The van der Waals surface area contributed by atoms with Crippen molar-refractivity contribution in [2.45, 2.75) is 59.3 Å². The molecule has 0 spiro atoms. The van der Waals surface area contributed by atoms with Crippen LogP contribution in [0.2, 0.25) is 0 Å². The number of rotatable bonds is 10. The Morgan fingerprint density at radius 3 is 1.29 bits per heavy atom. The van der Waals surface area contributed by atoms with Crippen LogP contribution < -0.4 is 14.9 Å². The number of nitrogens with one attached hydrogen (secondary N) is 3. The highest BCUT2D eigenvalue weighted by molar-refractivity contribution is 6.83. The Hall–Kier alpha value is -1.63. The number of carbonyl (C=O) groups excluding carboxylic acids is 3. The number of hydrogen-bond acceptors (Lipinski definition) is 3. The number of hydrogen-bond donors (Lipinski definition) is 3. The molecular formula is C14H27N3O3Si. The molecule has 0 saturated heterocycles. The molecule has 0 rings (SSSR count). The van der Waals surface area contributed by atoms with E-state index in [1.54, 1.807) is 0 Å². The third-order valence-corrected chi connectivity index (χ3v) is 5.38. The molecule has 0 aromatic carbocycles. The van der Waals surface area contributed by atoms with Crippen LogP contribution in [-0.4, -0.2) is 26.3 Å². The largest absolute Gasteiger partial charge is 0.405 e. The molecule has 0 atom stereocenters. The lowest BCUT2D eigenvalue weighted by atomic mass is 10.3. The highest BCUT2D eigenvalue weighted by atomic mass is 28.4. The Labute approximate surface area is 128 Å². The van der Waals surface area contributed by atoms with E-state index in [0.717, 1.165) is 0 Å². The van der Waals surface area contributed by atoms with Gasteiger partial charge in [0, 0.05) is 19.3 Å². The lowest BCUT2D eigenvalue weighted by Gasteiger charge is -2.29. The number of amides is 3. The summed E-state index contributed by atoms with van der Waals surface area (Å²) >= 11 is 0. The van der Waals surface area contributed by atoms with E-state index in [1.807, 2.05) is 20.8 Å². The van der Waals surface area contributed by atoms with Gasteiger partial charge in [0.15, 0.2) is 0 Å². The summed E-state index contributed by atoms with van der Waals surface area (Å²) in [5.41, 5.74) is 1.47. The van der Waals surface area contributed by atoms with Gasteiger partial charge in [-0.15, -0.1) is 6.58 Å². The molecular weight excluding hydrogens is 286 g/mol. The van der Waals surface area contributed by atoms with Crippen molar-refractivity contribution in [2.75, 3.05) is 0 Å². The van der Waals surface area contributed by atoms with Gasteiger partial charge in [0.2, 0.25) is 17.7 Å². The van der Waals surface area contributed by atoms with Crippen molar-refractivity contribution in [3.05, 3.63) is 12.3 Å². The van der Waals surface area contributed by atoms with Gasteiger partial charge in [0.05, 0.1) is 0 Å². The summed E-state index contributed by atoms with van der Waals surface area (Å²) in [4.78, 5) is 43.9. The molecule has 21 heavy (non-hydrogen) atoms. The highest BCUT2D eigenvalue weighted by Gasteiger charge is 2.37. The maximum atomic E-state index is 11.9. The van der Waals surface area contributed by atoms with Gasteiger partial charge in [0.25, 0.3) is 0 Å². The van der Waals surface area contributed by atoms with Gasteiger partial charge in [-0.2, -0.15) is 0 Å². The van der Waals surface area contributed by atoms with Gasteiger partial charge in [-0.05, 0) is 25.0 Å². The van der Waals surface area contributed by atoms with Crippen LogP contribution in [0.15, 0.2) is 12.3 Å². The molecule has 3 amide bonds. The van der Waals surface area contributed by atoms with E-state index >= 15 is 0 Å². The lowest BCUT2D eigenvalue weighted by Crippen LogP contribution is -2.74. The summed E-state index contributed by atoms with van der Waals surface area (Å²) in [5.74, 6) is -0.590. The van der Waals surface area contributed by atoms with Crippen LogP contribution in [0.3, 0.4) is 0 Å². The Kier molecular flexibility index (Phi) is 9.36. The monoisotopic (exact) mass is 313 g/mol. The maximum Gasteiger partial charge on any atom is 0.405 e. The predicted molar refractivity (Wildman–Crippen MR) is 85.1 cm³/mol. The summed E-state index contributed by atoms with van der Waals surface area (Å²) in [5, 5.41) is 0. The van der Waals surface area contributed by atoms with E-state index in [9.17, 15) is 14.4 Å². The van der Waals surface area contributed by atoms with Crippen LogP contribution in [0, 0.1) is 0 Å². The molecule has 0 aliphatic carbocycles. The summed E-state index contributed by atoms with van der Waals surface area (Å²) in [6.07, 6.45) is 3.11. The molecule has 0 fully saturated rings.